The molecule has 30 heavy (non-hydrogen) atoms. The summed E-state index contributed by atoms with van der Waals surface area (Å²) >= 11 is 0. The van der Waals surface area contributed by atoms with Crippen LogP contribution in [0, 0.1) is 6.92 Å². The van der Waals surface area contributed by atoms with Crippen LogP contribution < -0.4 is 14.8 Å². The van der Waals surface area contributed by atoms with Crippen molar-refractivity contribution in [3.63, 3.8) is 0 Å². The van der Waals surface area contributed by atoms with Gasteiger partial charge in [0, 0.05) is 19.1 Å². The molecule has 0 radical (unpaired) electrons. The Morgan fingerprint density at radius 1 is 1.13 bits per heavy atom. The van der Waals surface area contributed by atoms with Gasteiger partial charge in [0.25, 0.3) is 0 Å². The zero-order valence-electron chi connectivity index (χ0n) is 17.6. The van der Waals surface area contributed by atoms with E-state index in [-0.39, 0.29) is 11.9 Å². The monoisotopic (exact) mass is 431 g/mol. The van der Waals surface area contributed by atoms with Crippen LogP contribution in [0.25, 0.3) is 0 Å². The second kappa shape index (κ2) is 9.59. The standard InChI is InChI=1S/C22H29N3O4S/c1-16-9-10-20(29-2)19(15-16)23-22(26)21(17-7-5-4-6-8-17)25-13-11-18(12-14-25)24-30(3,27)28/h4-10,15,18,21,24H,11-14H2,1-3H3,(H,23,26)/t21-/m1/s1. The van der Waals surface area contributed by atoms with E-state index in [4.69, 9.17) is 4.74 Å². The Balaban J connectivity index is 1.81. The van der Waals surface area contributed by atoms with E-state index in [1.807, 2.05) is 55.5 Å². The number of rotatable bonds is 7. The molecule has 0 unspecified atom stereocenters. The number of amides is 1. The van der Waals surface area contributed by atoms with Crippen molar-refractivity contribution in [2.45, 2.75) is 31.8 Å². The van der Waals surface area contributed by atoms with E-state index in [1.54, 1.807) is 7.11 Å². The molecule has 1 aliphatic heterocycles. The molecular weight excluding hydrogens is 402 g/mol. The molecule has 1 amide bonds. The minimum Gasteiger partial charge on any atom is -0.495 e. The first-order valence-corrected chi connectivity index (χ1v) is 11.9. The van der Waals surface area contributed by atoms with Gasteiger partial charge in [0.1, 0.15) is 11.8 Å². The van der Waals surface area contributed by atoms with Crippen LogP contribution in [-0.4, -0.2) is 51.7 Å². The quantitative estimate of drug-likeness (QED) is 0.704. The van der Waals surface area contributed by atoms with Gasteiger partial charge in [0.05, 0.1) is 19.1 Å². The smallest absolute Gasteiger partial charge is 0.246 e. The molecule has 0 aliphatic carbocycles. The first-order chi connectivity index (χ1) is 14.3. The van der Waals surface area contributed by atoms with Crippen LogP contribution in [0.15, 0.2) is 48.5 Å². The molecule has 0 bridgehead atoms. The third kappa shape index (κ3) is 5.81. The molecule has 162 valence electrons. The lowest BCUT2D eigenvalue weighted by molar-refractivity contribution is -0.122. The summed E-state index contributed by atoms with van der Waals surface area (Å²) in [6, 6.07) is 14.7. The first kappa shape index (κ1) is 22.3. The summed E-state index contributed by atoms with van der Waals surface area (Å²) < 4.78 is 31.1. The second-order valence-corrected chi connectivity index (χ2v) is 9.49. The summed E-state index contributed by atoms with van der Waals surface area (Å²) in [5.41, 5.74) is 2.56. The van der Waals surface area contributed by atoms with E-state index < -0.39 is 16.1 Å². The Morgan fingerprint density at radius 3 is 2.40 bits per heavy atom. The van der Waals surface area contributed by atoms with E-state index in [2.05, 4.69) is 14.9 Å². The van der Waals surface area contributed by atoms with Crippen molar-refractivity contribution in [1.82, 2.24) is 9.62 Å². The zero-order chi connectivity index (χ0) is 21.7. The number of sulfonamides is 1. The van der Waals surface area contributed by atoms with Crippen molar-refractivity contribution in [2.24, 2.45) is 0 Å². The highest BCUT2D eigenvalue weighted by molar-refractivity contribution is 7.88. The molecule has 1 aliphatic rings. The van der Waals surface area contributed by atoms with E-state index >= 15 is 0 Å². The number of nitrogens with one attached hydrogen (secondary N) is 2. The van der Waals surface area contributed by atoms with Gasteiger partial charge in [-0.25, -0.2) is 13.1 Å². The van der Waals surface area contributed by atoms with Crippen LogP contribution in [0.5, 0.6) is 5.75 Å². The number of methoxy groups -OCH3 is 1. The van der Waals surface area contributed by atoms with Gasteiger partial charge >= 0.3 is 0 Å². The normalized spacial score (nSPS) is 16.8. The fraction of sp³-hybridized carbons (Fsp3) is 0.409. The highest BCUT2D eigenvalue weighted by Gasteiger charge is 2.32. The third-order valence-electron chi connectivity index (χ3n) is 5.25. The molecule has 3 rings (SSSR count). The first-order valence-electron chi connectivity index (χ1n) is 9.98. The molecule has 2 aromatic carbocycles. The van der Waals surface area contributed by atoms with Crippen LogP contribution in [0.3, 0.4) is 0 Å². The van der Waals surface area contributed by atoms with Crippen molar-refractivity contribution < 1.29 is 17.9 Å². The molecule has 8 heteroatoms. The lowest BCUT2D eigenvalue weighted by Crippen LogP contribution is -2.47. The molecule has 1 fully saturated rings. The molecule has 2 N–H and O–H groups in total. The van der Waals surface area contributed by atoms with Crippen LogP contribution in [0.4, 0.5) is 5.69 Å². The third-order valence-corrected chi connectivity index (χ3v) is 6.01. The van der Waals surface area contributed by atoms with Gasteiger partial charge in [-0.3, -0.25) is 9.69 Å². The van der Waals surface area contributed by atoms with Gasteiger partial charge in [-0.15, -0.1) is 0 Å². The zero-order valence-corrected chi connectivity index (χ0v) is 18.4. The largest absolute Gasteiger partial charge is 0.495 e. The van der Waals surface area contributed by atoms with Crippen LogP contribution >= 0.6 is 0 Å². The van der Waals surface area contributed by atoms with Crippen LogP contribution in [0.2, 0.25) is 0 Å². The van der Waals surface area contributed by atoms with E-state index in [0.29, 0.717) is 37.4 Å². The number of hydrogen-bond acceptors (Lipinski definition) is 5. The van der Waals surface area contributed by atoms with Gasteiger partial charge in [-0.2, -0.15) is 0 Å². The molecule has 7 nitrogen and oxygen atoms in total. The van der Waals surface area contributed by atoms with E-state index in [9.17, 15) is 13.2 Å². The van der Waals surface area contributed by atoms with Crippen molar-refractivity contribution >= 4 is 21.6 Å². The van der Waals surface area contributed by atoms with Gasteiger partial charge in [-0.05, 0) is 43.0 Å². The summed E-state index contributed by atoms with van der Waals surface area (Å²) in [5, 5.41) is 3.03. The minimum absolute atomic E-state index is 0.104. The number of anilines is 1. The summed E-state index contributed by atoms with van der Waals surface area (Å²) in [7, 11) is -1.67. The highest BCUT2D eigenvalue weighted by Crippen LogP contribution is 2.30. The summed E-state index contributed by atoms with van der Waals surface area (Å²) in [4.78, 5) is 15.5. The predicted octanol–water partition coefficient (Wildman–Crippen LogP) is 2.70. The van der Waals surface area contributed by atoms with Gasteiger partial charge in [0.15, 0.2) is 0 Å². The maximum Gasteiger partial charge on any atom is 0.246 e. The number of carbonyl (C=O) groups excluding carboxylic acids is 1. The van der Waals surface area contributed by atoms with Crippen molar-refractivity contribution in [1.29, 1.82) is 0 Å². The average Bonchev–Trinajstić information content (AvgIpc) is 2.69. The SMILES string of the molecule is COc1ccc(C)cc1NC(=O)[C@@H](c1ccccc1)N1CCC(NS(C)(=O)=O)CC1. The number of hydrogen-bond donors (Lipinski definition) is 2. The number of carbonyl (C=O) groups is 1. The maximum absolute atomic E-state index is 13.4. The van der Waals surface area contributed by atoms with E-state index in [1.165, 1.54) is 6.26 Å². The van der Waals surface area contributed by atoms with Crippen LogP contribution in [-0.2, 0) is 14.8 Å². The Kier molecular flexibility index (Phi) is 7.12. The Morgan fingerprint density at radius 2 is 1.80 bits per heavy atom. The molecule has 2 aromatic rings. The lowest BCUT2D eigenvalue weighted by Gasteiger charge is -2.37. The van der Waals surface area contributed by atoms with Crippen molar-refractivity contribution in [3.05, 3.63) is 59.7 Å². The summed E-state index contributed by atoms with van der Waals surface area (Å²) in [6.07, 6.45) is 2.48. The van der Waals surface area contributed by atoms with Gasteiger partial charge in [-0.1, -0.05) is 36.4 Å². The number of piperidine rings is 1. The highest BCUT2D eigenvalue weighted by atomic mass is 32.2. The van der Waals surface area contributed by atoms with Crippen molar-refractivity contribution in [3.8, 4) is 5.75 Å². The number of nitrogens with zero attached hydrogens (tertiary/aromatic N) is 1. The summed E-state index contributed by atoms with van der Waals surface area (Å²) in [5.74, 6) is 0.469. The van der Waals surface area contributed by atoms with Crippen molar-refractivity contribution in [2.75, 3.05) is 31.8 Å². The molecule has 0 aromatic heterocycles. The number of benzene rings is 2. The molecule has 1 saturated heterocycles. The average molecular weight is 432 g/mol. The molecular formula is C22H29N3O4S. The fourth-order valence-corrected chi connectivity index (χ4v) is 4.70. The molecule has 0 saturated carbocycles. The lowest BCUT2D eigenvalue weighted by atomic mass is 9.99. The second-order valence-electron chi connectivity index (χ2n) is 7.71. The van der Waals surface area contributed by atoms with Gasteiger partial charge < -0.3 is 10.1 Å². The van der Waals surface area contributed by atoms with E-state index in [0.717, 1.165) is 11.1 Å². The number of ether oxygens (including phenoxy) is 1. The fourth-order valence-electron chi connectivity index (χ4n) is 3.86. The Bertz CT molecular complexity index is 971. The Hall–Kier alpha value is -2.42. The van der Waals surface area contributed by atoms with Gasteiger partial charge in [0.2, 0.25) is 15.9 Å². The predicted molar refractivity (Wildman–Crippen MR) is 118 cm³/mol. The topological polar surface area (TPSA) is 87.7 Å². The summed E-state index contributed by atoms with van der Waals surface area (Å²) in [6.45, 7) is 3.19. The number of aryl methyl sites for hydroxylation is 1. The molecule has 0 spiro atoms. The number of likely N-dealkylation sites (tertiary alicyclic amines) is 1. The Labute approximate surface area is 178 Å². The minimum atomic E-state index is -3.24. The molecule has 1 heterocycles. The molecule has 1 atom stereocenters. The maximum atomic E-state index is 13.4. The van der Waals surface area contributed by atoms with Crippen LogP contribution in [0.1, 0.15) is 30.0 Å².